The third-order valence-electron chi connectivity index (χ3n) is 3.80. The van der Waals surface area contributed by atoms with E-state index in [-0.39, 0.29) is 12.0 Å². The first-order valence-electron chi connectivity index (χ1n) is 5.95. The number of hydrogen-bond acceptors (Lipinski definition) is 2. The normalized spacial score (nSPS) is 26.5. The summed E-state index contributed by atoms with van der Waals surface area (Å²) < 4.78 is 5.64. The van der Waals surface area contributed by atoms with E-state index in [9.17, 15) is 5.11 Å². The Balaban J connectivity index is 2.28. The van der Waals surface area contributed by atoms with Crippen molar-refractivity contribution in [2.45, 2.75) is 26.7 Å². The van der Waals surface area contributed by atoms with Gasteiger partial charge in [-0.2, -0.15) is 0 Å². The standard InChI is InChI=1S/C14H20O2/c1-4-16-12-8-6-5-7-10(12)13-11(9-15)14(13,2)3/h5-8,11,13,15H,4,9H2,1-3H3. The average molecular weight is 220 g/mol. The van der Waals surface area contributed by atoms with Gasteiger partial charge in [0.05, 0.1) is 6.61 Å². The Morgan fingerprint density at radius 1 is 1.31 bits per heavy atom. The van der Waals surface area contributed by atoms with Gasteiger partial charge in [0.15, 0.2) is 0 Å². The third kappa shape index (κ3) is 1.71. The van der Waals surface area contributed by atoms with E-state index in [1.54, 1.807) is 0 Å². The number of hydrogen-bond donors (Lipinski definition) is 1. The topological polar surface area (TPSA) is 29.5 Å². The summed E-state index contributed by atoms with van der Waals surface area (Å²) in [4.78, 5) is 0. The number of ether oxygens (including phenoxy) is 1. The Kier molecular flexibility index (Phi) is 2.94. The Hall–Kier alpha value is -1.02. The van der Waals surface area contributed by atoms with Crippen molar-refractivity contribution in [3.63, 3.8) is 0 Å². The zero-order chi connectivity index (χ0) is 11.8. The fourth-order valence-corrected chi connectivity index (χ4v) is 2.73. The number of aliphatic hydroxyl groups is 1. The first kappa shape index (κ1) is 11.5. The summed E-state index contributed by atoms with van der Waals surface area (Å²) in [6, 6.07) is 8.17. The molecule has 0 amide bonds. The van der Waals surface area contributed by atoms with Crippen molar-refractivity contribution in [1.29, 1.82) is 0 Å². The smallest absolute Gasteiger partial charge is 0.122 e. The molecule has 2 nitrogen and oxygen atoms in total. The Morgan fingerprint density at radius 2 is 2.00 bits per heavy atom. The van der Waals surface area contributed by atoms with Crippen LogP contribution in [0.3, 0.4) is 0 Å². The first-order valence-corrected chi connectivity index (χ1v) is 5.95. The van der Waals surface area contributed by atoms with Gasteiger partial charge in [-0.1, -0.05) is 32.0 Å². The maximum atomic E-state index is 9.35. The second kappa shape index (κ2) is 4.10. The summed E-state index contributed by atoms with van der Waals surface area (Å²) in [6.45, 7) is 7.37. The molecule has 1 aromatic carbocycles. The van der Waals surface area contributed by atoms with Crippen LogP contribution < -0.4 is 4.74 Å². The molecule has 1 aromatic rings. The number of aliphatic hydroxyl groups excluding tert-OH is 1. The number of benzene rings is 1. The molecule has 0 radical (unpaired) electrons. The van der Waals surface area contributed by atoms with E-state index in [1.807, 2.05) is 25.1 Å². The minimum atomic E-state index is 0.196. The van der Waals surface area contributed by atoms with Crippen LogP contribution in [0.2, 0.25) is 0 Å². The minimum absolute atomic E-state index is 0.196. The van der Waals surface area contributed by atoms with E-state index >= 15 is 0 Å². The van der Waals surface area contributed by atoms with Gasteiger partial charge in [-0.15, -0.1) is 0 Å². The van der Waals surface area contributed by atoms with E-state index in [4.69, 9.17) is 4.74 Å². The molecule has 2 rings (SSSR count). The molecule has 1 N–H and O–H groups in total. The highest BCUT2D eigenvalue weighted by Gasteiger charge is 2.58. The summed E-state index contributed by atoms with van der Waals surface area (Å²) in [5, 5.41) is 9.35. The van der Waals surface area contributed by atoms with Gasteiger partial charge in [-0.3, -0.25) is 0 Å². The lowest BCUT2D eigenvalue weighted by Crippen LogP contribution is -1.97. The molecule has 88 valence electrons. The maximum Gasteiger partial charge on any atom is 0.122 e. The highest BCUT2D eigenvalue weighted by molar-refractivity contribution is 5.42. The van der Waals surface area contributed by atoms with Gasteiger partial charge in [0.1, 0.15) is 5.75 Å². The lowest BCUT2D eigenvalue weighted by atomic mass is 10.0. The van der Waals surface area contributed by atoms with Crippen molar-refractivity contribution in [2.75, 3.05) is 13.2 Å². The molecule has 1 aliphatic carbocycles. The van der Waals surface area contributed by atoms with Crippen LogP contribution in [0.25, 0.3) is 0 Å². The Bertz CT molecular complexity index is 371. The van der Waals surface area contributed by atoms with Gasteiger partial charge in [0.2, 0.25) is 0 Å². The second-order valence-corrected chi connectivity index (χ2v) is 5.06. The summed E-state index contributed by atoms with van der Waals surface area (Å²) in [5.41, 5.74) is 1.44. The van der Waals surface area contributed by atoms with Gasteiger partial charge in [-0.25, -0.2) is 0 Å². The molecule has 0 heterocycles. The summed E-state index contributed by atoms with van der Waals surface area (Å²) in [7, 11) is 0. The summed E-state index contributed by atoms with van der Waals surface area (Å²) in [5.74, 6) is 1.77. The molecule has 1 fully saturated rings. The predicted octanol–water partition coefficient (Wildman–Crippen LogP) is 2.82. The van der Waals surface area contributed by atoms with Crippen molar-refractivity contribution >= 4 is 0 Å². The van der Waals surface area contributed by atoms with Crippen LogP contribution in [-0.2, 0) is 0 Å². The third-order valence-corrected chi connectivity index (χ3v) is 3.80. The molecule has 2 atom stereocenters. The fourth-order valence-electron chi connectivity index (χ4n) is 2.73. The predicted molar refractivity (Wildman–Crippen MR) is 64.7 cm³/mol. The molecule has 1 aliphatic rings. The minimum Gasteiger partial charge on any atom is -0.494 e. The molecule has 0 spiro atoms. The Morgan fingerprint density at radius 3 is 2.56 bits per heavy atom. The quantitative estimate of drug-likeness (QED) is 0.845. The van der Waals surface area contributed by atoms with Gasteiger partial charge in [-0.05, 0) is 35.8 Å². The molecular weight excluding hydrogens is 200 g/mol. The van der Waals surface area contributed by atoms with Crippen molar-refractivity contribution in [3.8, 4) is 5.75 Å². The van der Waals surface area contributed by atoms with Crippen LogP contribution in [0, 0.1) is 11.3 Å². The van der Waals surface area contributed by atoms with Gasteiger partial charge in [0.25, 0.3) is 0 Å². The molecule has 2 heteroatoms. The molecular formula is C14H20O2. The second-order valence-electron chi connectivity index (χ2n) is 5.06. The van der Waals surface area contributed by atoms with Crippen molar-refractivity contribution in [2.24, 2.45) is 11.3 Å². The largest absolute Gasteiger partial charge is 0.494 e. The molecule has 0 aliphatic heterocycles. The van der Waals surface area contributed by atoms with Crippen LogP contribution in [0.15, 0.2) is 24.3 Å². The van der Waals surface area contributed by atoms with Crippen molar-refractivity contribution in [3.05, 3.63) is 29.8 Å². The maximum absolute atomic E-state index is 9.35. The SMILES string of the molecule is CCOc1ccccc1C1C(CO)C1(C)C. The number of para-hydroxylation sites is 1. The summed E-state index contributed by atoms with van der Waals surface area (Å²) >= 11 is 0. The highest BCUT2D eigenvalue weighted by atomic mass is 16.5. The molecule has 1 saturated carbocycles. The van der Waals surface area contributed by atoms with Gasteiger partial charge >= 0.3 is 0 Å². The van der Waals surface area contributed by atoms with E-state index in [1.165, 1.54) is 5.56 Å². The molecule has 0 saturated heterocycles. The van der Waals surface area contributed by atoms with Crippen LogP contribution in [0.4, 0.5) is 0 Å². The average Bonchev–Trinajstić information content (AvgIpc) is 2.81. The monoisotopic (exact) mass is 220 g/mol. The first-order chi connectivity index (χ1) is 7.62. The van der Waals surface area contributed by atoms with Crippen molar-refractivity contribution < 1.29 is 9.84 Å². The van der Waals surface area contributed by atoms with E-state index in [0.717, 1.165) is 5.75 Å². The Labute approximate surface area is 97.3 Å². The molecule has 0 aromatic heterocycles. The highest BCUT2D eigenvalue weighted by Crippen LogP contribution is 2.65. The van der Waals surface area contributed by atoms with Gasteiger partial charge in [0, 0.05) is 6.61 Å². The fraction of sp³-hybridized carbons (Fsp3) is 0.571. The lowest BCUT2D eigenvalue weighted by molar-refractivity contribution is 0.256. The lowest BCUT2D eigenvalue weighted by Gasteiger charge is -2.10. The molecule has 2 unspecified atom stereocenters. The van der Waals surface area contributed by atoms with Crippen molar-refractivity contribution in [1.82, 2.24) is 0 Å². The van der Waals surface area contributed by atoms with E-state index < -0.39 is 0 Å². The molecule has 16 heavy (non-hydrogen) atoms. The molecule has 0 bridgehead atoms. The van der Waals surface area contributed by atoms with E-state index in [2.05, 4.69) is 19.9 Å². The van der Waals surface area contributed by atoms with Crippen LogP contribution >= 0.6 is 0 Å². The van der Waals surface area contributed by atoms with Crippen LogP contribution in [0.1, 0.15) is 32.3 Å². The van der Waals surface area contributed by atoms with Crippen LogP contribution in [0.5, 0.6) is 5.75 Å². The number of rotatable bonds is 4. The van der Waals surface area contributed by atoms with Crippen LogP contribution in [-0.4, -0.2) is 18.3 Å². The zero-order valence-electron chi connectivity index (χ0n) is 10.2. The van der Waals surface area contributed by atoms with E-state index in [0.29, 0.717) is 18.4 Å². The summed E-state index contributed by atoms with van der Waals surface area (Å²) in [6.07, 6.45) is 0. The van der Waals surface area contributed by atoms with Gasteiger partial charge < -0.3 is 9.84 Å². The zero-order valence-corrected chi connectivity index (χ0v) is 10.2.